The highest BCUT2D eigenvalue weighted by Crippen LogP contribution is 2.26. The van der Waals surface area contributed by atoms with Gasteiger partial charge < -0.3 is 15.5 Å². The smallest absolute Gasteiger partial charge is 0.253 e. The van der Waals surface area contributed by atoms with Crippen LogP contribution >= 0.6 is 0 Å². The summed E-state index contributed by atoms with van der Waals surface area (Å²) in [6.45, 7) is 2.43. The Morgan fingerprint density at radius 3 is 2.16 bits per heavy atom. The van der Waals surface area contributed by atoms with E-state index in [1.807, 2.05) is 98.7 Å². The molecule has 0 aliphatic carbocycles. The minimum Gasteiger partial charge on any atom is -0.377 e. The predicted molar refractivity (Wildman–Crippen MR) is 126 cm³/mol. The Morgan fingerprint density at radius 1 is 0.903 bits per heavy atom. The van der Waals surface area contributed by atoms with Crippen molar-refractivity contribution in [2.45, 2.75) is 25.8 Å². The summed E-state index contributed by atoms with van der Waals surface area (Å²) in [4.78, 5) is 27.8. The molecule has 160 valence electrons. The summed E-state index contributed by atoms with van der Waals surface area (Å²) in [5.74, 6) is -0.509. The van der Waals surface area contributed by atoms with Gasteiger partial charge in [0, 0.05) is 32.0 Å². The first kappa shape index (κ1) is 22.1. The monoisotopic (exact) mass is 415 g/mol. The first-order valence-electron chi connectivity index (χ1n) is 10.5. The molecule has 0 saturated carbocycles. The standard InChI is InChI=1S/C26H29N3O2/c1-4-22(20-13-9-6-10-14-20)26(31)28-21-15-16-24(29(2)3)23(17-21)25(30)27-18-19-11-7-5-8-12-19/h5-17,22H,4,18H2,1-3H3,(H,27,30)(H,28,31). The van der Waals surface area contributed by atoms with Gasteiger partial charge in [0.2, 0.25) is 5.91 Å². The fraction of sp³-hybridized carbons (Fsp3) is 0.231. The Hall–Kier alpha value is -3.60. The molecule has 2 amide bonds. The fourth-order valence-corrected chi connectivity index (χ4v) is 3.55. The minimum absolute atomic E-state index is 0.0815. The van der Waals surface area contributed by atoms with Crippen LogP contribution in [0.3, 0.4) is 0 Å². The van der Waals surface area contributed by atoms with Crippen LogP contribution in [0, 0.1) is 0 Å². The number of nitrogens with one attached hydrogen (secondary N) is 2. The second-order valence-corrected chi connectivity index (χ2v) is 7.66. The third-order valence-corrected chi connectivity index (χ3v) is 5.21. The number of nitrogens with zero attached hydrogens (tertiary/aromatic N) is 1. The second kappa shape index (κ2) is 10.4. The van der Waals surface area contributed by atoms with E-state index < -0.39 is 0 Å². The number of carbonyl (C=O) groups is 2. The van der Waals surface area contributed by atoms with Crippen molar-refractivity contribution in [3.63, 3.8) is 0 Å². The molecule has 0 aliphatic heterocycles. The van der Waals surface area contributed by atoms with Crippen molar-refractivity contribution in [1.82, 2.24) is 5.32 Å². The van der Waals surface area contributed by atoms with E-state index in [2.05, 4.69) is 10.6 Å². The van der Waals surface area contributed by atoms with Gasteiger partial charge in [-0.2, -0.15) is 0 Å². The molecule has 31 heavy (non-hydrogen) atoms. The van der Waals surface area contributed by atoms with Crippen LogP contribution in [0.25, 0.3) is 0 Å². The topological polar surface area (TPSA) is 61.4 Å². The lowest BCUT2D eigenvalue weighted by Crippen LogP contribution is -2.26. The highest BCUT2D eigenvalue weighted by Gasteiger charge is 2.20. The Bertz CT molecular complexity index is 1020. The lowest BCUT2D eigenvalue weighted by Gasteiger charge is -2.20. The number of benzene rings is 3. The lowest BCUT2D eigenvalue weighted by atomic mass is 9.95. The molecule has 3 aromatic carbocycles. The van der Waals surface area contributed by atoms with Crippen LogP contribution in [-0.2, 0) is 11.3 Å². The van der Waals surface area contributed by atoms with Crippen molar-refractivity contribution in [2.24, 2.45) is 0 Å². The summed E-state index contributed by atoms with van der Waals surface area (Å²) in [7, 11) is 3.79. The number of rotatable bonds is 8. The number of carbonyl (C=O) groups excluding carboxylic acids is 2. The molecule has 0 heterocycles. The van der Waals surface area contributed by atoms with Crippen LogP contribution in [0.5, 0.6) is 0 Å². The Balaban J connectivity index is 1.79. The zero-order valence-electron chi connectivity index (χ0n) is 18.3. The summed E-state index contributed by atoms with van der Waals surface area (Å²) >= 11 is 0. The first-order valence-corrected chi connectivity index (χ1v) is 10.5. The van der Waals surface area contributed by atoms with Crippen molar-refractivity contribution in [2.75, 3.05) is 24.3 Å². The van der Waals surface area contributed by atoms with E-state index in [0.717, 1.165) is 16.8 Å². The van der Waals surface area contributed by atoms with Gasteiger partial charge in [-0.3, -0.25) is 9.59 Å². The molecule has 0 radical (unpaired) electrons. The van der Waals surface area contributed by atoms with Gasteiger partial charge in [0.15, 0.2) is 0 Å². The van der Waals surface area contributed by atoms with E-state index in [1.165, 1.54) is 0 Å². The van der Waals surface area contributed by atoms with Gasteiger partial charge in [-0.05, 0) is 35.7 Å². The van der Waals surface area contributed by atoms with Crippen molar-refractivity contribution in [3.05, 3.63) is 95.6 Å². The molecule has 3 rings (SSSR count). The largest absolute Gasteiger partial charge is 0.377 e. The highest BCUT2D eigenvalue weighted by atomic mass is 16.2. The summed E-state index contributed by atoms with van der Waals surface area (Å²) < 4.78 is 0. The van der Waals surface area contributed by atoms with Crippen LogP contribution in [0.1, 0.15) is 40.7 Å². The maximum atomic E-state index is 12.9. The van der Waals surface area contributed by atoms with Gasteiger partial charge in [-0.25, -0.2) is 0 Å². The van der Waals surface area contributed by atoms with E-state index in [4.69, 9.17) is 0 Å². The van der Waals surface area contributed by atoms with Crippen molar-refractivity contribution < 1.29 is 9.59 Å². The van der Waals surface area contributed by atoms with Crippen molar-refractivity contribution in [1.29, 1.82) is 0 Å². The molecule has 0 fully saturated rings. The zero-order chi connectivity index (χ0) is 22.2. The lowest BCUT2D eigenvalue weighted by molar-refractivity contribution is -0.117. The molecule has 0 saturated heterocycles. The summed E-state index contributed by atoms with van der Waals surface area (Å²) in [5, 5.41) is 5.96. The molecule has 2 N–H and O–H groups in total. The minimum atomic E-state index is -0.245. The van der Waals surface area contributed by atoms with E-state index >= 15 is 0 Å². The van der Waals surface area contributed by atoms with Crippen LogP contribution in [0.2, 0.25) is 0 Å². The van der Waals surface area contributed by atoms with Gasteiger partial charge in [0.1, 0.15) is 0 Å². The summed E-state index contributed by atoms with van der Waals surface area (Å²) in [6.07, 6.45) is 0.691. The molecule has 1 atom stereocenters. The first-order chi connectivity index (χ1) is 15.0. The third kappa shape index (κ3) is 5.72. The predicted octanol–water partition coefficient (Wildman–Crippen LogP) is 4.81. The summed E-state index contributed by atoms with van der Waals surface area (Å²) in [5.41, 5.74) is 3.92. The van der Waals surface area contributed by atoms with Crippen LogP contribution < -0.4 is 15.5 Å². The molecular formula is C26H29N3O2. The molecule has 3 aromatic rings. The molecule has 0 spiro atoms. The quantitative estimate of drug-likeness (QED) is 0.555. The Labute approximate surface area is 184 Å². The highest BCUT2D eigenvalue weighted by molar-refractivity contribution is 6.02. The SMILES string of the molecule is CCC(C(=O)Nc1ccc(N(C)C)c(C(=O)NCc2ccccc2)c1)c1ccccc1. The van der Waals surface area contributed by atoms with E-state index in [-0.39, 0.29) is 17.7 Å². The number of anilines is 2. The van der Waals surface area contributed by atoms with E-state index in [0.29, 0.717) is 24.2 Å². The van der Waals surface area contributed by atoms with Gasteiger partial charge in [0.25, 0.3) is 5.91 Å². The molecule has 0 aliphatic rings. The number of hydrogen-bond donors (Lipinski definition) is 2. The van der Waals surface area contributed by atoms with Crippen LogP contribution in [0.4, 0.5) is 11.4 Å². The van der Waals surface area contributed by atoms with Gasteiger partial charge >= 0.3 is 0 Å². The van der Waals surface area contributed by atoms with E-state index in [9.17, 15) is 9.59 Å². The van der Waals surface area contributed by atoms with Gasteiger partial charge in [-0.15, -0.1) is 0 Å². The molecular weight excluding hydrogens is 386 g/mol. The molecule has 5 heteroatoms. The summed E-state index contributed by atoms with van der Waals surface area (Å²) in [6, 6.07) is 24.9. The Kier molecular flexibility index (Phi) is 7.44. The Morgan fingerprint density at radius 2 is 1.55 bits per heavy atom. The average molecular weight is 416 g/mol. The molecule has 5 nitrogen and oxygen atoms in total. The molecule has 1 unspecified atom stereocenters. The number of hydrogen-bond acceptors (Lipinski definition) is 3. The normalized spacial score (nSPS) is 11.5. The van der Waals surface area contributed by atoms with Gasteiger partial charge in [0.05, 0.1) is 11.5 Å². The maximum Gasteiger partial charge on any atom is 0.253 e. The fourth-order valence-electron chi connectivity index (χ4n) is 3.55. The average Bonchev–Trinajstić information content (AvgIpc) is 2.79. The molecule has 0 bridgehead atoms. The second-order valence-electron chi connectivity index (χ2n) is 7.66. The van der Waals surface area contributed by atoms with Crippen LogP contribution in [-0.4, -0.2) is 25.9 Å². The van der Waals surface area contributed by atoms with Crippen molar-refractivity contribution in [3.8, 4) is 0 Å². The maximum absolute atomic E-state index is 12.9. The molecule has 0 aromatic heterocycles. The van der Waals surface area contributed by atoms with Gasteiger partial charge in [-0.1, -0.05) is 67.6 Å². The van der Waals surface area contributed by atoms with Crippen molar-refractivity contribution >= 4 is 23.2 Å². The van der Waals surface area contributed by atoms with E-state index in [1.54, 1.807) is 6.07 Å². The van der Waals surface area contributed by atoms with Crippen LogP contribution in [0.15, 0.2) is 78.9 Å². The zero-order valence-corrected chi connectivity index (χ0v) is 18.3. The third-order valence-electron chi connectivity index (χ3n) is 5.21. The number of amides is 2.